The molecule has 3 heteroatoms. The molecule has 0 N–H and O–H groups in total. The van der Waals surface area contributed by atoms with E-state index in [0.29, 0.717) is 0 Å². The van der Waals surface area contributed by atoms with Gasteiger partial charge >= 0.3 is 0 Å². The minimum absolute atomic E-state index is 1.06. The molecule has 0 fully saturated rings. The topological polar surface area (TPSA) is 21.1 Å². The van der Waals surface area contributed by atoms with Gasteiger partial charge in [0, 0.05) is 31.1 Å². The van der Waals surface area contributed by atoms with Crippen molar-refractivity contribution >= 4 is 16.7 Å². The van der Waals surface area contributed by atoms with Crippen LogP contribution in [-0.4, -0.2) is 22.9 Å². The fourth-order valence-corrected chi connectivity index (χ4v) is 4.25. The molecule has 0 atom stereocenters. The number of hydrogen-bond acceptors (Lipinski definition) is 2. The van der Waals surface area contributed by atoms with E-state index >= 15 is 0 Å². The molecule has 0 aliphatic heterocycles. The highest BCUT2D eigenvalue weighted by Crippen LogP contribution is 2.37. The molecule has 0 amide bonds. The molecule has 0 saturated heterocycles. The van der Waals surface area contributed by atoms with Crippen LogP contribution in [-0.2, 0) is 7.05 Å². The Morgan fingerprint density at radius 2 is 1.58 bits per heavy atom. The first kappa shape index (κ1) is 18.5. The third kappa shape index (κ3) is 3.23. The molecule has 1 aromatic heterocycles. The van der Waals surface area contributed by atoms with Crippen LogP contribution in [0.5, 0.6) is 0 Å². The number of aromatic nitrogens is 2. The van der Waals surface area contributed by atoms with E-state index < -0.39 is 0 Å². The second-order valence-electron chi connectivity index (χ2n) is 7.41. The largest absolute Gasteiger partial charge is 0.356 e. The van der Waals surface area contributed by atoms with Gasteiger partial charge in [0.25, 0.3) is 0 Å². The minimum Gasteiger partial charge on any atom is -0.356 e. The maximum atomic E-state index is 4.95. The van der Waals surface area contributed by atoms with E-state index in [4.69, 9.17) is 5.10 Å². The van der Waals surface area contributed by atoms with Gasteiger partial charge in [-0.05, 0) is 56.4 Å². The molecule has 0 bridgehead atoms. The van der Waals surface area contributed by atoms with Crippen molar-refractivity contribution in [3.8, 4) is 11.1 Å². The van der Waals surface area contributed by atoms with E-state index in [9.17, 15) is 0 Å². The quantitative estimate of drug-likeness (QED) is 0.561. The number of fused-ring (bicyclic) bond motifs is 1. The Kier molecular flexibility index (Phi) is 5.36. The zero-order valence-electron chi connectivity index (χ0n) is 17.1. The summed E-state index contributed by atoms with van der Waals surface area (Å²) >= 11 is 0. The summed E-state index contributed by atoms with van der Waals surface area (Å²) in [6.07, 6.45) is 2.28. The normalized spacial score (nSPS) is 11.3. The average Bonchev–Trinajstić information content (AvgIpc) is 2.90. The molecule has 26 heavy (non-hydrogen) atoms. The summed E-state index contributed by atoms with van der Waals surface area (Å²) in [7, 11) is 2.08. The van der Waals surface area contributed by atoms with Crippen LogP contribution >= 0.6 is 0 Å². The lowest BCUT2D eigenvalue weighted by molar-refractivity contribution is 0.685. The molecule has 2 aromatic carbocycles. The summed E-state index contributed by atoms with van der Waals surface area (Å²) in [5.74, 6) is 1.24. The van der Waals surface area contributed by atoms with Gasteiger partial charge in [-0.15, -0.1) is 0 Å². The second-order valence-corrected chi connectivity index (χ2v) is 7.41. The van der Waals surface area contributed by atoms with Crippen LogP contribution in [0.3, 0.4) is 0 Å². The lowest BCUT2D eigenvalue weighted by atomic mass is 9.92. The summed E-state index contributed by atoms with van der Waals surface area (Å²) in [6.45, 7) is 13.2. The molecule has 0 spiro atoms. The number of hydrogen-bond donors (Lipinski definition) is 0. The van der Waals surface area contributed by atoms with Crippen LogP contribution < -0.4 is 4.90 Å². The van der Waals surface area contributed by atoms with Crippen molar-refractivity contribution in [1.82, 2.24) is 9.78 Å². The Hall–Kier alpha value is -2.29. The van der Waals surface area contributed by atoms with Gasteiger partial charge in [0.2, 0.25) is 0 Å². The minimum atomic E-state index is 1.06. The standard InChI is InChI=1S/C23H31N3/c1-7-12-26(13-8-2)23-20-11-9-10-19(22(20)24-25(23)6)21-17(4)14-16(3)15-18(21)5/h9-11,14-15H,7-8,12-13H2,1-6H3. The Balaban J connectivity index is 2.24. The maximum Gasteiger partial charge on any atom is 0.134 e. The fraction of sp³-hybridized carbons (Fsp3) is 0.435. The van der Waals surface area contributed by atoms with Gasteiger partial charge in [0.05, 0.1) is 0 Å². The molecule has 3 aromatic rings. The third-order valence-corrected chi connectivity index (χ3v) is 5.07. The summed E-state index contributed by atoms with van der Waals surface area (Å²) in [5, 5.41) is 6.21. The Morgan fingerprint density at radius 3 is 2.15 bits per heavy atom. The van der Waals surface area contributed by atoms with Crippen molar-refractivity contribution in [3.05, 3.63) is 47.0 Å². The Bertz CT molecular complexity index is 892. The SMILES string of the molecule is CCCN(CCC)c1c2cccc(-c3c(C)cc(C)cc3C)c2nn1C. The van der Waals surface area contributed by atoms with Gasteiger partial charge in [0.15, 0.2) is 0 Å². The summed E-state index contributed by atoms with van der Waals surface area (Å²) in [4.78, 5) is 2.48. The fourth-order valence-electron chi connectivity index (χ4n) is 4.25. The number of anilines is 1. The predicted octanol–water partition coefficient (Wildman–Crippen LogP) is 5.79. The average molecular weight is 350 g/mol. The monoisotopic (exact) mass is 349 g/mol. The molecule has 1 heterocycles. The molecular weight excluding hydrogens is 318 g/mol. The van der Waals surface area contributed by atoms with Gasteiger partial charge in [-0.1, -0.05) is 43.7 Å². The summed E-state index contributed by atoms with van der Waals surface area (Å²) in [6, 6.07) is 11.2. The third-order valence-electron chi connectivity index (χ3n) is 5.07. The predicted molar refractivity (Wildman–Crippen MR) is 113 cm³/mol. The van der Waals surface area contributed by atoms with Crippen LogP contribution in [0.2, 0.25) is 0 Å². The van der Waals surface area contributed by atoms with Crippen LogP contribution in [0.25, 0.3) is 22.0 Å². The molecule has 0 radical (unpaired) electrons. The first-order chi connectivity index (χ1) is 12.5. The highest BCUT2D eigenvalue weighted by atomic mass is 15.4. The molecule has 0 aliphatic carbocycles. The van der Waals surface area contributed by atoms with Crippen LogP contribution in [0.15, 0.2) is 30.3 Å². The van der Waals surface area contributed by atoms with Crippen LogP contribution in [0, 0.1) is 20.8 Å². The number of benzene rings is 2. The molecule has 138 valence electrons. The van der Waals surface area contributed by atoms with Gasteiger partial charge in [-0.2, -0.15) is 5.10 Å². The van der Waals surface area contributed by atoms with Gasteiger partial charge in [-0.3, -0.25) is 4.68 Å². The smallest absolute Gasteiger partial charge is 0.134 e. The molecule has 3 nitrogen and oxygen atoms in total. The van der Waals surface area contributed by atoms with Crippen molar-refractivity contribution in [2.24, 2.45) is 7.05 Å². The van der Waals surface area contributed by atoms with E-state index in [1.54, 1.807) is 0 Å². The van der Waals surface area contributed by atoms with E-state index in [2.05, 4.69) is 81.6 Å². The maximum absolute atomic E-state index is 4.95. The number of aryl methyl sites for hydroxylation is 4. The van der Waals surface area contributed by atoms with E-state index in [0.717, 1.165) is 31.4 Å². The zero-order chi connectivity index (χ0) is 18.8. The number of rotatable bonds is 6. The lowest BCUT2D eigenvalue weighted by Crippen LogP contribution is -2.27. The van der Waals surface area contributed by atoms with E-state index in [1.807, 2.05) is 0 Å². The van der Waals surface area contributed by atoms with Crippen LogP contribution in [0.1, 0.15) is 43.4 Å². The molecule has 0 unspecified atom stereocenters. The Labute approximate surface area is 157 Å². The van der Waals surface area contributed by atoms with Crippen molar-refractivity contribution in [2.45, 2.75) is 47.5 Å². The van der Waals surface area contributed by atoms with Crippen molar-refractivity contribution < 1.29 is 0 Å². The Morgan fingerprint density at radius 1 is 0.962 bits per heavy atom. The van der Waals surface area contributed by atoms with Crippen LogP contribution in [0.4, 0.5) is 5.82 Å². The molecule has 3 rings (SSSR count). The van der Waals surface area contributed by atoms with Crippen molar-refractivity contribution in [2.75, 3.05) is 18.0 Å². The van der Waals surface area contributed by atoms with Crippen molar-refractivity contribution in [1.29, 1.82) is 0 Å². The molecule has 0 aliphatic rings. The lowest BCUT2D eigenvalue weighted by Gasteiger charge is -2.24. The first-order valence-electron chi connectivity index (χ1n) is 9.76. The van der Waals surface area contributed by atoms with Gasteiger partial charge < -0.3 is 4.90 Å². The van der Waals surface area contributed by atoms with Gasteiger partial charge in [0.1, 0.15) is 11.3 Å². The first-order valence-corrected chi connectivity index (χ1v) is 9.76. The number of nitrogens with zero attached hydrogens (tertiary/aromatic N) is 3. The summed E-state index contributed by atoms with van der Waals surface area (Å²) in [5.41, 5.74) is 7.63. The van der Waals surface area contributed by atoms with E-state index in [-0.39, 0.29) is 0 Å². The second kappa shape index (κ2) is 7.53. The zero-order valence-corrected chi connectivity index (χ0v) is 17.1. The highest BCUT2D eigenvalue weighted by Gasteiger charge is 2.19. The summed E-state index contributed by atoms with van der Waals surface area (Å²) < 4.78 is 2.07. The molecular formula is C23H31N3. The van der Waals surface area contributed by atoms with Gasteiger partial charge in [-0.25, -0.2) is 0 Å². The van der Waals surface area contributed by atoms with Crippen molar-refractivity contribution in [3.63, 3.8) is 0 Å². The highest BCUT2D eigenvalue weighted by molar-refractivity contribution is 6.01. The van der Waals surface area contributed by atoms with E-state index in [1.165, 1.54) is 39.0 Å². The molecule has 0 saturated carbocycles.